The largest absolute Gasteiger partial charge is 0.352 e. The summed E-state index contributed by atoms with van der Waals surface area (Å²) < 4.78 is 0. The first-order chi connectivity index (χ1) is 6.68. The average molecular weight is 209 g/mol. The molecule has 1 aliphatic rings. The second kappa shape index (κ2) is 3.73. The maximum absolute atomic E-state index is 11.4. The van der Waals surface area contributed by atoms with Crippen molar-refractivity contribution in [2.45, 2.75) is 32.2 Å². The normalized spacial score (nSPS) is 25.1. The van der Waals surface area contributed by atoms with Gasteiger partial charge >= 0.3 is 0 Å². The molecule has 2 nitrogen and oxygen atoms in total. The predicted molar refractivity (Wildman–Crippen MR) is 58.4 cm³/mol. The molecule has 1 aromatic rings. The topological polar surface area (TPSA) is 29.1 Å². The van der Waals surface area contributed by atoms with E-state index in [9.17, 15) is 4.79 Å². The first kappa shape index (κ1) is 9.71. The minimum atomic E-state index is 0.0968. The van der Waals surface area contributed by atoms with Crippen LogP contribution in [0.3, 0.4) is 0 Å². The van der Waals surface area contributed by atoms with Crippen molar-refractivity contribution < 1.29 is 4.79 Å². The van der Waals surface area contributed by atoms with Gasteiger partial charge in [0, 0.05) is 22.8 Å². The molecule has 1 aliphatic carbocycles. The van der Waals surface area contributed by atoms with Crippen LogP contribution >= 0.6 is 11.3 Å². The molecular formula is C11H15NOS. The van der Waals surface area contributed by atoms with Crippen LogP contribution in [0, 0.1) is 5.92 Å². The summed E-state index contributed by atoms with van der Waals surface area (Å²) in [7, 11) is 0. The zero-order chi connectivity index (χ0) is 10.1. The Hall–Kier alpha value is -0.830. The molecule has 1 N–H and O–H groups in total. The Morgan fingerprint density at radius 3 is 3.00 bits per heavy atom. The summed E-state index contributed by atoms with van der Waals surface area (Å²) in [5.41, 5.74) is 0. The van der Waals surface area contributed by atoms with Crippen LogP contribution in [0.2, 0.25) is 0 Å². The van der Waals surface area contributed by atoms with Gasteiger partial charge in [-0.1, -0.05) is 19.9 Å². The Kier molecular flexibility index (Phi) is 2.59. The third-order valence-electron chi connectivity index (χ3n) is 2.55. The molecule has 0 spiro atoms. The number of amides is 1. The van der Waals surface area contributed by atoms with Gasteiger partial charge in [-0.2, -0.15) is 0 Å². The first-order valence-corrected chi connectivity index (χ1v) is 5.90. The first-order valence-electron chi connectivity index (χ1n) is 5.02. The quantitative estimate of drug-likeness (QED) is 0.813. The Balaban J connectivity index is 1.85. The van der Waals surface area contributed by atoms with Crippen LogP contribution in [0.4, 0.5) is 0 Å². The van der Waals surface area contributed by atoms with Crippen molar-refractivity contribution >= 4 is 17.2 Å². The molecule has 1 amide bonds. The number of carbonyl (C=O) groups excluding carboxylic acids is 1. The Morgan fingerprint density at radius 1 is 1.64 bits per heavy atom. The summed E-state index contributed by atoms with van der Waals surface area (Å²) in [5.74, 6) is 0.853. The fourth-order valence-corrected chi connectivity index (χ4v) is 2.43. The Bertz CT molecular complexity index is 318. The molecule has 3 heteroatoms. The van der Waals surface area contributed by atoms with Gasteiger partial charge in [0.2, 0.25) is 5.91 Å². The molecule has 0 aromatic carbocycles. The van der Waals surface area contributed by atoms with Crippen molar-refractivity contribution in [3.8, 4) is 0 Å². The molecule has 2 rings (SSSR count). The van der Waals surface area contributed by atoms with E-state index in [4.69, 9.17) is 0 Å². The highest BCUT2D eigenvalue weighted by atomic mass is 32.1. The Labute approximate surface area is 88.3 Å². The lowest BCUT2D eigenvalue weighted by Crippen LogP contribution is -2.30. The molecule has 2 atom stereocenters. The van der Waals surface area contributed by atoms with Crippen LogP contribution in [-0.4, -0.2) is 11.9 Å². The smallest absolute Gasteiger partial charge is 0.222 e. The van der Waals surface area contributed by atoms with E-state index >= 15 is 0 Å². The molecular weight excluding hydrogens is 194 g/mol. The third-order valence-corrected chi connectivity index (χ3v) is 3.56. The van der Waals surface area contributed by atoms with Crippen LogP contribution in [0.15, 0.2) is 17.5 Å². The van der Waals surface area contributed by atoms with Gasteiger partial charge in [-0.05, 0) is 17.9 Å². The molecule has 0 saturated heterocycles. The van der Waals surface area contributed by atoms with Crippen LogP contribution in [0.5, 0.6) is 0 Å². The molecule has 1 heterocycles. The van der Waals surface area contributed by atoms with Gasteiger partial charge in [0.1, 0.15) is 0 Å². The Morgan fingerprint density at radius 2 is 2.43 bits per heavy atom. The number of rotatable bonds is 3. The summed E-state index contributed by atoms with van der Waals surface area (Å²) in [6.45, 7) is 3.86. The van der Waals surface area contributed by atoms with Crippen molar-refractivity contribution in [3.05, 3.63) is 22.4 Å². The van der Waals surface area contributed by atoms with E-state index in [2.05, 4.69) is 22.8 Å². The lowest BCUT2D eigenvalue weighted by atomic mass is 10.2. The molecule has 2 unspecified atom stereocenters. The molecule has 0 radical (unpaired) electrons. The van der Waals surface area contributed by atoms with Crippen LogP contribution in [0.1, 0.15) is 31.1 Å². The minimum absolute atomic E-state index is 0.0968. The molecule has 76 valence electrons. The standard InChI is InChI=1S/C11H15NOS/c1-7(2)11(13)12-9-6-8(9)10-4-3-5-14-10/h3-5,7-9H,6H2,1-2H3,(H,12,13). The van der Waals surface area contributed by atoms with Gasteiger partial charge in [0.05, 0.1) is 0 Å². The highest BCUT2D eigenvalue weighted by Crippen LogP contribution is 2.42. The number of hydrogen-bond acceptors (Lipinski definition) is 2. The van der Waals surface area contributed by atoms with Gasteiger partial charge in [0.25, 0.3) is 0 Å². The second-order valence-electron chi connectivity index (χ2n) is 4.13. The molecule has 1 saturated carbocycles. The minimum Gasteiger partial charge on any atom is -0.352 e. The number of hydrogen-bond donors (Lipinski definition) is 1. The van der Waals surface area contributed by atoms with Crippen LogP contribution in [0.25, 0.3) is 0 Å². The number of thiophene rings is 1. The zero-order valence-corrected chi connectivity index (χ0v) is 9.30. The van der Waals surface area contributed by atoms with Gasteiger partial charge in [-0.3, -0.25) is 4.79 Å². The van der Waals surface area contributed by atoms with Crippen molar-refractivity contribution in [1.29, 1.82) is 0 Å². The number of carbonyl (C=O) groups is 1. The van der Waals surface area contributed by atoms with E-state index in [0.29, 0.717) is 12.0 Å². The third kappa shape index (κ3) is 1.98. The van der Waals surface area contributed by atoms with Crippen LogP contribution in [-0.2, 0) is 4.79 Å². The predicted octanol–water partition coefficient (Wildman–Crippen LogP) is 2.38. The molecule has 1 fully saturated rings. The summed E-state index contributed by atoms with van der Waals surface area (Å²) >= 11 is 1.78. The van der Waals surface area contributed by atoms with E-state index in [1.807, 2.05) is 13.8 Å². The molecule has 14 heavy (non-hydrogen) atoms. The summed E-state index contributed by atoms with van der Waals surface area (Å²) in [6.07, 6.45) is 1.11. The fourth-order valence-electron chi connectivity index (χ4n) is 1.52. The lowest BCUT2D eigenvalue weighted by Gasteiger charge is -2.06. The summed E-state index contributed by atoms with van der Waals surface area (Å²) in [4.78, 5) is 12.8. The van der Waals surface area contributed by atoms with Gasteiger partial charge in [-0.25, -0.2) is 0 Å². The maximum atomic E-state index is 11.4. The number of nitrogens with one attached hydrogen (secondary N) is 1. The van der Waals surface area contributed by atoms with E-state index in [-0.39, 0.29) is 11.8 Å². The zero-order valence-electron chi connectivity index (χ0n) is 8.49. The van der Waals surface area contributed by atoms with Crippen LogP contribution < -0.4 is 5.32 Å². The highest BCUT2D eigenvalue weighted by Gasteiger charge is 2.40. The molecule has 1 aromatic heterocycles. The maximum Gasteiger partial charge on any atom is 0.222 e. The summed E-state index contributed by atoms with van der Waals surface area (Å²) in [5, 5.41) is 5.15. The van der Waals surface area contributed by atoms with E-state index in [1.54, 1.807) is 11.3 Å². The van der Waals surface area contributed by atoms with Crippen molar-refractivity contribution in [1.82, 2.24) is 5.32 Å². The van der Waals surface area contributed by atoms with Crippen molar-refractivity contribution in [3.63, 3.8) is 0 Å². The second-order valence-corrected chi connectivity index (χ2v) is 5.11. The van der Waals surface area contributed by atoms with Crippen molar-refractivity contribution in [2.75, 3.05) is 0 Å². The van der Waals surface area contributed by atoms with E-state index in [1.165, 1.54) is 4.88 Å². The SMILES string of the molecule is CC(C)C(=O)NC1CC1c1cccs1. The monoisotopic (exact) mass is 209 g/mol. The highest BCUT2D eigenvalue weighted by molar-refractivity contribution is 7.10. The van der Waals surface area contributed by atoms with Gasteiger partial charge < -0.3 is 5.32 Å². The lowest BCUT2D eigenvalue weighted by molar-refractivity contribution is -0.124. The fraction of sp³-hybridized carbons (Fsp3) is 0.545. The summed E-state index contributed by atoms with van der Waals surface area (Å²) in [6, 6.07) is 4.61. The van der Waals surface area contributed by atoms with E-state index < -0.39 is 0 Å². The molecule has 0 aliphatic heterocycles. The van der Waals surface area contributed by atoms with E-state index in [0.717, 1.165) is 6.42 Å². The van der Waals surface area contributed by atoms with Crippen molar-refractivity contribution in [2.24, 2.45) is 5.92 Å². The molecule has 0 bridgehead atoms. The van der Waals surface area contributed by atoms with Gasteiger partial charge in [0.15, 0.2) is 0 Å². The van der Waals surface area contributed by atoms with Gasteiger partial charge in [-0.15, -0.1) is 11.3 Å². The average Bonchev–Trinajstić information content (AvgIpc) is 2.70.